The summed E-state index contributed by atoms with van der Waals surface area (Å²) in [7, 11) is 0. The zero-order chi connectivity index (χ0) is 10.3. The molecule has 0 aliphatic heterocycles. The molecule has 0 heterocycles. The Hall–Kier alpha value is -0.520. The Bertz CT molecular complexity index is 174. The van der Waals surface area contributed by atoms with Gasteiger partial charge in [0.05, 0.1) is 6.54 Å². The molecule has 76 valence electrons. The molecule has 0 aliphatic rings. The van der Waals surface area contributed by atoms with Crippen LogP contribution in [0.25, 0.3) is 0 Å². The molecular formula is C11H21NO. The molecule has 0 rings (SSSR count). The Kier molecular flexibility index (Phi) is 6.66. The van der Waals surface area contributed by atoms with E-state index in [2.05, 4.69) is 30.6 Å². The summed E-state index contributed by atoms with van der Waals surface area (Å²) in [4.78, 5) is 2.22. The predicted octanol–water partition coefficient (Wildman–Crippen LogP) is 1.35. The van der Waals surface area contributed by atoms with Crippen LogP contribution in [0, 0.1) is 17.8 Å². The number of hydrogen-bond acceptors (Lipinski definition) is 2. The molecule has 0 amide bonds. The Morgan fingerprint density at radius 1 is 1.23 bits per heavy atom. The summed E-state index contributed by atoms with van der Waals surface area (Å²) >= 11 is 0. The highest BCUT2D eigenvalue weighted by atomic mass is 16.3. The van der Waals surface area contributed by atoms with Crippen molar-refractivity contribution < 1.29 is 5.11 Å². The third-order valence-electron chi connectivity index (χ3n) is 2.08. The van der Waals surface area contributed by atoms with Crippen LogP contribution in [0.3, 0.4) is 0 Å². The molecule has 2 heteroatoms. The van der Waals surface area contributed by atoms with E-state index in [0.717, 1.165) is 19.6 Å². The first-order valence-corrected chi connectivity index (χ1v) is 5.00. The highest BCUT2D eigenvalue weighted by Crippen LogP contribution is 1.98. The van der Waals surface area contributed by atoms with Crippen molar-refractivity contribution in [2.75, 3.05) is 19.6 Å². The van der Waals surface area contributed by atoms with Crippen LogP contribution >= 0.6 is 0 Å². The minimum absolute atomic E-state index is 0.226. The zero-order valence-electron chi connectivity index (χ0n) is 9.17. The van der Waals surface area contributed by atoms with Crippen molar-refractivity contribution >= 4 is 0 Å². The van der Waals surface area contributed by atoms with Gasteiger partial charge in [-0.2, -0.15) is 0 Å². The van der Waals surface area contributed by atoms with E-state index in [1.54, 1.807) is 0 Å². The molecule has 2 nitrogen and oxygen atoms in total. The fourth-order valence-corrected chi connectivity index (χ4v) is 0.876. The van der Waals surface area contributed by atoms with Crippen LogP contribution in [0.15, 0.2) is 0 Å². The lowest BCUT2D eigenvalue weighted by Gasteiger charge is -2.13. The lowest BCUT2D eigenvalue weighted by Crippen LogP contribution is -2.23. The normalized spacial score (nSPS) is 12.8. The minimum Gasteiger partial charge on any atom is -0.380 e. The molecule has 0 radical (unpaired) electrons. The van der Waals surface area contributed by atoms with E-state index in [-0.39, 0.29) is 5.92 Å². The fraction of sp³-hybridized carbons (Fsp3) is 0.818. The topological polar surface area (TPSA) is 23.5 Å². The summed E-state index contributed by atoms with van der Waals surface area (Å²) in [5, 5.41) is 9.39. The van der Waals surface area contributed by atoms with E-state index in [4.69, 9.17) is 0 Å². The van der Waals surface area contributed by atoms with Crippen molar-refractivity contribution in [3.63, 3.8) is 0 Å². The summed E-state index contributed by atoms with van der Waals surface area (Å²) in [5.74, 6) is 6.07. The van der Waals surface area contributed by atoms with Gasteiger partial charge in [-0.15, -0.1) is 0 Å². The average molecular weight is 183 g/mol. The Morgan fingerprint density at radius 2 is 1.77 bits per heavy atom. The number of nitrogens with zero attached hydrogens (tertiary/aromatic N) is 1. The van der Waals surface area contributed by atoms with Crippen molar-refractivity contribution in [3.8, 4) is 11.8 Å². The van der Waals surface area contributed by atoms with Gasteiger partial charge in [0.15, 0.2) is 0 Å². The monoisotopic (exact) mass is 183 g/mol. The first-order valence-electron chi connectivity index (χ1n) is 5.00. The van der Waals surface area contributed by atoms with Gasteiger partial charge < -0.3 is 5.11 Å². The first kappa shape index (κ1) is 12.5. The van der Waals surface area contributed by atoms with Crippen molar-refractivity contribution in [1.82, 2.24) is 4.90 Å². The summed E-state index contributed by atoms with van der Waals surface area (Å²) in [6.07, 6.45) is -0.476. The molecule has 0 spiro atoms. The van der Waals surface area contributed by atoms with E-state index in [9.17, 15) is 5.11 Å². The maximum absolute atomic E-state index is 9.39. The number of aliphatic hydroxyl groups is 1. The molecule has 1 unspecified atom stereocenters. The van der Waals surface area contributed by atoms with Crippen LogP contribution < -0.4 is 0 Å². The first-order chi connectivity index (χ1) is 6.11. The molecule has 0 saturated carbocycles. The maximum Gasteiger partial charge on any atom is 0.117 e. The summed E-state index contributed by atoms with van der Waals surface area (Å²) in [6.45, 7) is 11.0. The molecule has 1 N–H and O–H groups in total. The Morgan fingerprint density at radius 3 is 2.15 bits per heavy atom. The summed E-state index contributed by atoms with van der Waals surface area (Å²) in [5.41, 5.74) is 0. The van der Waals surface area contributed by atoms with Crippen molar-refractivity contribution in [2.45, 2.75) is 33.8 Å². The third kappa shape index (κ3) is 5.68. The number of rotatable bonds is 4. The second-order valence-electron chi connectivity index (χ2n) is 3.47. The van der Waals surface area contributed by atoms with E-state index >= 15 is 0 Å². The SMILES string of the molecule is CCN(CC)CC#CC(O)C(C)C. The van der Waals surface area contributed by atoms with Gasteiger partial charge in [-0.1, -0.05) is 39.5 Å². The van der Waals surface area contributed by atoms with E-state index in [1.807, 2.05) is 13.8 Å². The van der Waals surface area contributed by atoms with Gasteiger partial charge in [0.1, 0.15) is 6.10 Å². The summed E-state index contributed by atoms with van der Waals surface area (Å²) in [6, 6.07) is 0. The average Bonchev–Trinajstić information content (AvgIpc) is 2.12. The van der Waals surface area contributed by atoms with Gasteiger partial charge in [0.2, 0.25) is 0 Å². The predicted molar refractivity (Wildman–Crippen MR) is 56.4 cm³/mol. The van der Waals surface area contributed by atoms with E-state index in [1.165, 1.54) is 0 Å². The second-order valence-corrected chi connectivity index (χ2v) is 3.47. The molecule has 0 aromatic carbocycles. The molecular weight excluding hydrogens is 162 g/mol. The van der Waals surface area contributed by atoms with Crippen LogP contribution in [0.4, 0.5) is 0 Å². The van der Waals surface area contributed by atoms with Crippen LogP contribution in [0.2, 0.25) is 0 Å². The summed E-state index contributed by atoms with van der Waals surface area (Å²) < 4.78 is 0. The van der Waals surface area contributed by atoms with Gasteiger partial charge in [-0.3, -0.25) is 4.90 Å². The van der Waals surface area contributed by atoms with Crippen LogP contribution in [-0.4, -0.2) is 35.7 Å². The number of aliphatic hydroxyl groups excluding tert-OH is 1. The molecule has 1 atom stereocenters. The standard InChI is InChI=1S/C11H21NO/c1-5-12(6-2)9-7-8-11(13)10(3)4/h10-11,13H,5-6,9H2,1-4H3. The Labute approximate surface area is 81.9 Å². The van der Waals surface area contributed by atoms with Gasteiger partial charge >= 0.3 is 0 Å². The van der Waals surface area contributed by atoms with Crippen molar-refractivity contribution in [3.05, 3.63) is 0 Å². The van der Waals surface area contributed by atoms with Gasteiger partial charge in [0, 0.05) is 0 Å². The van der Waals surface area contributed by atoms with Gasteiger partial charge in [-0.05, 0) is 19.0 Å². The highest BCUT2D eigenvalue weighted by molar-refractivity contribution is 5.06. The molecule has 0 saturated heterocycles. The molecule has 0 aromatic rings. The zero-order valence-corrected chi connectivity index (χ0v) is 9.17. The van der Waals surface area contributed by atoms with Crippen LogP contribution in [-0.2, 0) is 0 Å². The lowest BCUT2D eigenvalue weighted by molar-refractivity contribution is 0.181. The van der Waals surface area contributed by atoms with Crippen LogP contribution in [0.5, 0.6) is 0 Å². The highest BCUT2D eigenvalue weighted by Gasteiger charge is 2.03. The smallest absolute Gasteiger partial charge is 0.117 e. The minimum atomic E-state index is -0.476. The molecule has 0 aromatic heterocycles. The maximum atomic E-state index is 9.39. The molecule has 0 aliphatic carbocycles. The molecule has 13 heavy (non-hydrogen) atoms. The fourth-order valence-electron chi connectivity index (χ4n) is 0.876. The van der Waals surface area contributed by atoms with E-state index in [0.29, 0.717) is 0 Å². The second kappa shape index (κ2) is 6.94. The molecule has 0 bridgehead atoms. The molecule has 0 fully saturated rings. The van der Waals surface area contributed by atoms with Crippen molar-refractivity contribution in [1.29, 1.82) is 0 Å². The largest absolute Gasteiger partial charge is 0.380 e. The van der Waals surface area contributed by atoms with Crippen molar-refractivity contribution in [2.24, 2.45) is 5.92 Å². The Balaban J connectivity index is 3.83. The van der Waals surface area contributed by atoms with E-state index < -0.39 is 6.10 Å². The third-order valence-corrected chi connectivity index (χ3v) is 2.08. The van der Waals surface area contributed by atoms with Crippen LogP contribution in [0.1, 0.15) is 27.7 Å². The van der Waals surface area contributed by atoms with Gasteiger partial charge in [-0.25, -0.2) is 0 Å². The lowest BCUT2D eigenvalue weighted by atomic mass is 10.1. The number of hydrogen-bond donors (Lipinski definition) is 1. The quantitative estimate of drug-likeness (QED) is 0.665. The van der Waals surface area contributed by atoms with Gasteiger partial charge in [0.25, 0.3) is 0 Å².